The van der Waals surface area contributed by atoms with E-state index in [0.717, 1.165) is 21.5 Å². The first-order chi connectivity index (χ1) is 10.2. The lowest BCUT2D eigenvalue weighted by Crippen LogP contribution is -2.12. The highest BCUT2D eigenvalue weighted by atomic mass is 79.9. The van der Waals surface area contributed by atoms with Crippen molar-refractivity contribution in [1.29, 1.82) is 0 Å². The molecule has 3 nitrogen and oxygen atoms in total. The van der Waals surface area contributed by atoms with Gasteiger partial charge in [0.15, 0.2) is 0 Å². The van der Waals surface area contributed by atoms with Gasteiger partial charge in [0.25, 0.3) is 5.91 Å². The van der Waals surface area contributed by atoms with Crippen LogP contribution in [0.3, 0.4) is 0 Å². The number of benzene rings is 2. The Hall–Kier alpha value is -1.33. The lowest BCUT2D eigenvalue weighted by Gasteiger charge is -2.12. The Bertz CT molecular complexity index is 644. The first-order valence-corrected chi connectivity index (χ1v) is 8.44. The van der Waals surface area contributed by atoms with Crippen LogP contribution in [0.4, 0.5) is 5.69 Å². The number of nitrogens with one attached hydrogen (secondary N) is 1. The Kier molecular flexibility index (Phi) is 5.82. The molecule has 0 fully saturated rings. The molecular formula is C16H15Br2NO2. The maximum atomic E-state index is 12.3. The molecule has 21 heavy (non-hydrogen) atoms. The fourth-order valence-corrected chi connectivity index (χ4v) is 2.80. The molecule has 0 atom stereocenters. The molecule has 2 aromatic carbocycles. The average Bonchev–Trinajstić information content (AvgIpc) is 2.49. The molecule has 0 heterocycles. The topological polar surface area (TPSA) is 38.3 Å². The van der Waals surface area contributed by atoms with E-state index < -0.39 is 0 Å². The molecule has 2 aromatic rings. The molecule has 0 aliphatic heterocycles. The van der Waals surface area contributed by atoms with Crippen LogP contribution in [0.15, 0.2) is 46.9 Å². The molecule has 1 amide bonds. The Morgan fingerprint density at radius 3 is 2.67 bits per heavy atom. The number of anilines is 1. The van der Waals surface area contributed by atoms with Crippen LogP contribution < -0.4 is 10.1 Å². The highest BCUT2D eigenvalue weighted by Gasteiger charge is 2.11. The lowest BCUT2D eigenvalue weighted by atomic mass is 10.1. The smallest absolute Gasteiger partial charge is 0.256 e. The van der Waals surface area contributed by atoms with Crippen LogP contribution in [0, 0.1) is 0 Å². The number of amides is 1. The SMILES string of the molecule is CCOc1ccc(NC(=O)c2ccccc2Br)cc1CBr. The van der Waals surface area contributed by atoms with E-state index in [2.05, 4.69) is 37.2 Å². The Labute approximate surface area is 141 Å². The van der Waals surface area contributed by atoms with Crippen molar-refractivity contribution in [1.82, 2.24) is 0 Å². The Morgan fingerprint density at radius 1 is 1.24 bits per heavy atom. The molecule has 0 aliphatic carbocycles. The third kappa shape index (κ3) is 4.08. The van der Waals surface area contributed by atoms with Gasteiger partial charge in [-0.15, -0.1) is 0 Å². The molecule has 0 spiro atoms. The second-order valence-electron chi connectivity index (χ2n) is 4.32. The summed E-state index contributed by atoms with van der Waals surface area (Å²) in [6, 6.07) is 13.0. The minimum Gasteiger partial charge on any atom is -0.494 e. The van der Waals surface area contributed by atoms with Crippen molar-refractivity contribution < 1.29 is 9.53 Å². The van der Waals surface area contributed by atoms with E-state index in [4.69, 9.17) is 4.74 Å². The maximum Gasteiger partial charge on any atom is 0.256 e. The summed E-state index contributed by atoms with van der Waals surface area (Å²) in [5.74, 6) is 0.681. The van der Waals surface area contributed by atoms with E-state index in [0.29, 0.717) is 17.5 Å². The van der Waals surface area contributed by atoms with Crippen molar-refractivity contribution in [3.63, 3.8) is 0 Å². The van der Waals surface area contributed by atoms with E-state index in [1.165, 1.54) is 0 Å². The van der Waals surface area contributed by atoms with Gasteiger partial charge in [-0.05, 0) is 53.2 Å². The van der Waals surface area contributed by atoms with Crippen molar-refractivity contribution in [3.05, 3.63) is 58.1 Å². The first-order valence-electron chi connectivity index (χ1n) is 6.53. The van der Waals surface area contributed by atoms with E-state index in [-0.39, 0.29) is 5.91 Å². The maximum absolute atomic E-state index is 12.3. The largest absolute Gasteiger partial charge is 0.494 e. The molecular weight excluding hydrogens is 398 g/mol. The number of carbonyl (C=O) groups is 1. The molecule has 0 unspecified atom stereocenters. The molecule has 0 aromatic heterocycles. The molecule has 1 N–H and O–H groups in total. The monoisotopic (exact) mass is 411 g/mol. The van der Waals surface area contributed by atoms with E-state index in [1.54, 1.807) is 6.07 Å². The Balaban J connectivity index is 2.20. The fourth-order valence-electron chi connectivity index (χ4n) is 1.90. The summed E-state index contributed by atoms with van der Waals surface area (Å²) in [6.45, 7) is 2.56. The van der Waals surface area contributed by atoms with Crippen LogP contribution in [-0.4, -0.2) is 12.5 Å². The quantitative estimate of drug-likeness (QED) is 0.702. The van der Waals surface area contributed by atoms with Crippen molar-refractivity contribution in [2.45, 2.75) is 12.3 Å². The van der Waals surface area contributed by atoms with Gasteiger partial charge in [0.1, 0.15) is 5.75 Å². The van der Waals surface area contributed by atoms with Gasteiger partial charge >= 0.3 is 0 Å². The van der Waals surface area contributed by atoms with Crippen molar-refractivity contribution in [2.75, 3.05) is 11.9 Å². The molecule has 0 radical (unpaired) electrons. The van der Waals surface area contributed by atoms with Gasteiger partial charge in [0.2, 0.25) is 0 Å². The molecule has 0 saturated heterocycles. The number of carbonyl (C=O) groups excluding carboxylic acids is 1. The van der Waals surface area contributed by atoms with E-state index >= 15 is 0 Å². The van der Waals surface area contributed by atoms with E-state index in [1.807, 2.05) is 43.3 Å². The van der Waals surface area contributed by atoms with Crippen LogP contribution in [0.5, 0.6) is 5.75 Å². The van der Waals surface area contributed by atoms with Gasteiger partial charge in [-0.2, -0.15) is 0 Å². The summed E-state index contributed by atoms with van der Waals surface area (Å²) in [5.41, 5.74) is 2.35. The number of halogens is 2. The highest BCUT2D eigenvalue weighted by Crippen LogP contribution is 2.26. The third-order valence-corrected chi connectivity index (χ3v) is 4.18. The number of rotatable bonds is 5. The van der Waals surface area contributed by atoms with Crippen molar-refractivity contribution in [3.8, 4) is 5.75 Å². The first kappa shape index (κ1) is 16.0. The zero-order chi connectivity index (χ0) is 15.2. The number of hydrogen-bond donors (Lipinski definition) is 1. The predicted octanol–water partition coefficient (Wildman–Crippen LogP) is 5.00. The van der Waals surface area contributed by atoms with Gasteiger partial charge < -0.3 is 10.1 Å². The second kappa shape index (κ2) is 7.61. The van der Waals surface area contributed by atoms with Gasteiger partial charge in [0, 0.05) is 21.1 Å². The lowest BCUT2D eigenvalue weighted by molar-refractivity contribution is 0.102. The van der Waals surface area contributed by atoms with Crippen LogP contribution in [0.2, 0.25) is 0 Å². The van der Waals surface area contributed by atoms with Gasteiger partial charge in [-0.25, -0.2) is 0 Å². The second-order valence-corrected chi connectivity index (χ2v) is 5.74. The predicted molar refractivity (Wildman–Crippen MR) is 92.3 cm³/mol. The third-order valence-electron chi connectivity index (χ3n) is 2.88. The molecule has 0 saturated carbocycles. The average molecular weight is 413 g/mol. The zero-order valence-corrected chi connectivity index (χ0v) is 14.7. The summed E-state index contributed by atoms with van der Waals surface area (Å²) in [4.78, 5) is 12.3. The van der Waals surface area contributed by atoms with Crippen LogP contribution in [-0.2, 0) is 5.33 Å². The molecule has 5 heteroatoms. The minimum absolute atomic E-state index is 0.146. The summed E-state index contributed by atoms with van der Waals surface area (Å²) < 4.78 is 6.31. The number of hydrogen-bond acceptors (Lipinski definition) is 2. The van der Waals surface area contributed by atoms with Crippen molar-refractivity contribution >= 4 is 43.5 Å². The number of ether oxygens (including phenoxy) is 1. The van der Waals surface area contributed by atoms with Gasteiger partial charge in [0.05, 0.1) is 12.2 Å². The van der Waals surface area contributed by atoms with Gasteiger partial charge in [-0.3, -0.25) is 4.79 Å². The highest BCUT2D eigenvalue weighted by molar-refractivity contribution is 9.10. The van der Waals surface area contributed by atoms with Gasteiger partial charge in [-0.1, -0.05) is 28.1 Å². The minimum atomic E-state index is -0.146. The zero-order valence-electron chi connectivity index (χ0n) is 11.5. The summed E-state index contributed by atoms with van der Waals surface area (Å²) in [5, 5.41) is 3.57. The van der Waals surface area contributed by atoms with E-state index in [9.17, 15) is 4.79 Å². The fraction of sp³-hybridized carbons (Fsp3) is 0.188. The van der Waals surface area contributed by atoms with Crippen LogP contribution in [0.25, 0.3) is 0 Å². The standard InChI is InChI=1S/C16H15Br2NO2/c1-2-21-15-8-7-12(9-11(15)10-17)19-16(20)13-5-3-4-6-14(13)18/h3-9H,2,10H2,1H3,(H,19,20). The molecule has 0 aliphatic rings. The molecule has 0 bridgehead atoms. The molecule has 110 valence electrons. The Morgan fingerprint density at radius 2 is 2.00 bits per heavy atom. The summed E-state index contributed by atoms with van der Waals surface area (Å²) in [7, 11) is 0. The summed E-state index contributed by atoms with van der Waals surface area (Å²) in [6.07, 6.45) is 0. The van der Waals surface area contributed by atoms with Crippen LogP contribution >= 0.6 is 31.9 Å². The molecule has 2 rings (SSSR count). The summed E-state index contributed by atoms with van der Waals surface area (Å²) >= 11 is 6.82. The van der Waals surface area contributed by atoms with Crippen molar-refractivity contribution in [2.24, 2.45) is 0 Å². The van der Waals surface area contributed by atoms with Crippen LogP contribution in [0.1, 0.15) is 22.8 Å². The normalized spacial score (nSPS) is 10.2. The number of alkyl halides is 1.